The van der Waals surface area contributed by atoms with Crippen LogP contribution in [0.25, 0.3) is 0 Å². The van der Waals surface area contributed by atoms with E-state index in [1.165, 1.54) is 64.2 Å². The molecule has 6 heteroatoms. The van der Waals surface area contributed by atoms with Crippen LogP contribution in [-0.2, 0) is 13.3 Å². The van der Waals surface area contributed by atoms with Crippen molar-refractivity contribution in [1.82, 2.24) is 0 Å². The molecule has 30 heavy (non-hydrogen) atoms. The van der Waals surface area contributed by atoms with Crippen molar-refractivity contribution in [2.45, 2.75) is 113 Å². The van der Waals surface area contributed by atoms with Crippen LogP contribution in [0.3, 0.4) is 0 Å². The molecule has 0 amide bonds. The average Bonchev–Trinajstić information content (AvgIpc) is 2.71. The summed E-state index contributed by atoms with van der Waals surface area (Å²) >= 11 is 0. The predicted octanol–water partition coefficient (Wildman–Crippen LogP) is 3.95. The van der Waals surface area contributed by atoms with Crippen LogP contribution in [0.15, 0.2) is 0 Å². The van der Waals surface area contributed by atoms with Crippen molar-refractivity contribution in [3.05, 3.63) is 0 Å². The van der Waals surface area contributed by atoms with Crippen LogP contribution in [-0.4, -0.2) is 52.6 Å². The zero-order chi connectivity index (χ0) is 22.0. The van der Waals surface area contributed by atoms with Gasteiger partial charge in [-0.3, -0.25) is 0 Å². The third kappa shape index (κ3) is 10.8. The van der Waals surface area contributed by atoms with E-state index < -0.39 is 8.97 Å². The summed E-state index contributed by atoms with van der Waals surface area (Å²) in [6.45, 7) is 20.9. The van der Waals surface area contributed by atoms with Crippen molar-refractivity contribution in [3.63, 3.8) is 0 Å². The fourth-order valence-electron chi connectivity index (χ4n) is 4.55. The summed E-state index contributed by atoms with van der Waals surface area (Å²) in [7, 11) is -2.84. The Bertz CT molecular complexity index is 347. The largest absolute Gasteiger partial charge is 1.00 e. The number of quaternary nitrogens is 1. The van der Waals surface area contributed by atoms with Gasteiger partial charge in [0.1, 0.15) is 0 Å². The molecule has 0 aromatic carbocycles. The van der Waals surface area contributed by atoms with E-state index in [0.29, 0.717) is 19.8 Å². The Kier molecular flexibility index (Phi) is 21.7. The molecule has 1 atom stereocenters. The first-order valence-electron chi connectivity index (χ1n) is 12.8. The summed E-state index contributed by atoms with van der Waals surface area (Å²) < 4.78 is 20.5. The molecular formula is C24H54ClNO3Si. The first-order chi connectivity index (χ1) is 14.0. The molecule has 0 fully saturated rings. The Morgan fingerprint density at radius 2 is 1.07 bits per heavy atom. The normalized spacial score (nSPS) is 13.3. The van der Waals surface area contributed by atoms with E-state index in [2.05, 4.69) is 48.5 Å². The molecule has 0 radical (unpaired) electrons. The Morgan fingerprint density at radius 1 is 0.600 bits per heavy atom. The molecule has 0 saturated carbocycles. The van der Waals surface area contributed by atoms with Gasteiger partial charge in [-0.25, -0.2) is 0 Å². The van der Waals surface area contributed by atoms with E-state index in [1.807, 2.05) is 0 Å². The first kappa shape index (κ1) is 32.5. The summed E-state index contributed by atoms with van der Waals surface area (Å²) in [6.07, 6.45) is 12.6. The molecular weight excluding hydrogens is 414 g/mol. The lowest BCUT2D eigenvalue weighted by Crippen LogP contribution is -3.00. The highest BCUT2D eigenvalue weighted by Gasteiger charge is 2.64. The van der Waals surface area contributed by atoms with Gasteiger partial charge in [0.05, 0.1) is 19.6 Å². The van der Waals surface area contributed by atoms with Crippen LogP contribution in [0.1, 0.15) is 113 Å². The van der Waals surface area contributed by atoms with Crippen LogP contribution < -0.4 is 12.4 Å². The van der Waals surface area contributed by atoms with E-state index >= 15 is 0 Å². The van der Waals surface area contributed by atoms with Crippen LogP contribution in [0.5, 0.6) is 0 Å². The summed E-state index contributed by atoms with van der Waals surface area (Å²) in [5.41, 5.74) is 0. The second kappa shape index (κ2) is 20.0. The number of unbranched alkanes of at least 4 members (excludes halogenated alkanes) is 4. The molecule has 0 aromatic heterocycles. The Labute approximate surface area is 196 Å². The number of halogens is 1. The van der Waals surface area contributed by atoms with Gasteiger partial charge in [0, 0.05) is 19.8 Å². The zero-order valence-electron chi connectivity index (χ0n) is 21.4. The minimum atomic E-state index is -2.84. The molecule has 0 heterocycles. The van der Waals surface area contributed by atoms with Gasteiger partial charge >= 0.3 is 8.97 Å². The molecule has 184 valence electrons. The minimum Gasteiger partial charge on any atom is -1.00 e. The topological polar surface area (TPSA) is 27.7 Å². The number of nitrogens with zero attached hydrogens (tertiary/aromatic N) is 1. The third-order valence-electron chi connectivity index (χ3n) is 6.18. The smallest absolute Gasteiger partial charge is 0.784 e. The van der Waals surface area contributed by atoms with E-state index in [-0.39, 0.29) is 12.4 Å². The summed E-state index contributed by atoms with van der Waals surface area (Å²) in [5, 5.41) is 0. The van der Waals surface area contributed by atoms with Gasteiger partial charge in [-0.2, -0.15) is 0 Å². The molecule has 0 aromatic rings. The minimum absolute atomic E-state index is 0. The average molecular weight is 468 g/mol. The van der Waals surface area contributed by atoms with Crippen molar-refractivity contribution in [2.24, 2.45) is 5.92 Å². The highest BCUT2D eigenvalue weighted by atomic mass is 35.5. The van der Waals surface area contributed by atoms with Gasteiger partial charge in [0.2, 0.25) is 0 Å². The van der Waals surface area contributed by atoms with Gasteiger partial charge in [0.25, 0.3) is 0 Å². The molecule has 0 aliphatic rings. The number of rotatable bonds is 21. The van der Waals surface area contributed by atoms with Gasteiger partial charge in [-0.15, -0.1) is 0 Å². The van der Waals surface area contributed by atoms with Crippen molar-refractivity contribution in [3.8, 4) is 0 Å². The van der Waals surface area contributed by atoms with Gasteiger partial charge in [-0.1, -0.05) is 59.8 Å². The quantitative estimate of drug-likeness (QED) is 0.189. The Hall–Kier alpha value is 0.347. The zero-order valence-corrected chi connectivity index (χ0v) is 23.2. The molecule has 0 spiro atoms. The molecule has 4 nitrogen and oxygen atoms in total. The number of hydrogen-bond acceptors (Lipinski definition) is 3. The van der Waals surface area contributed by atoms with Crippen LogP contribution in [0, 0.1) is 5.92 Å². The Balaban J connectivity index is 0. The molecule has 0 aliphatic carbocycles. The maximum Gasteiger partial charge on any atom is 0.784 e. The lowest BCUT2D eigenvalue weighted by Gasteiger charge is -2.48. The summed E-state index contributed by atoms with van der Waals surface area (Å²) in [5.74, 6) is 0.798. The highest BCUT2D eigenvalue weighted by Crippen LogP contribution is 2.31. The lowest BCUT2D eigenvalue weighted by molar-refractivity contribution is -0.861. The molecule has 1 unspecified atom stereocenters. The van der Waals surface area contributed by atoms with E-state index in [9.17, 15) is 0 Å². The first-order valence-corrected chi connectivity index (χ1v) is 14.5. The second-order valence-corrected chi connectivity index (χ2v) is 11.3. The Morgan fingerprint density at radius 3 is 1.40 bits per heavy atom. The summed E-state index contributed by atoms with van der Waals surface area (Å²) in [6, 6.07) is 0. The van der Waals surface area contributed by atoms with Crippen molar-refractivity contribution in [2.75, 3.05) is 39.5 Å². The summed E-state index contributed by atoms with van der Waals surface area (Å²) in [4.78, 5) is 0. The molecule has 0 aliphatic heterocycles. The fraction of sp³-hybridized carbons (Fsp3) is 1.00. The lowest BCUT2D eigenvalue weighted by atomic mass is 9.96. The van der Waals surface area contributed by atoms with Crippen LogP contribution in [0.2, 0.25) is 0 Å². The molecule has 0 rings (SSSR count). The van der Waals surface area contributed by atoms with E-state index in [0.717, 1.165) is 29.7 Å². The van der Waals surface area contributed by atoms with Crippen molar-refractivity contribution >= 4 is 8.97 Å². The van der Waals surface area contributed by atoms with E-state index in [4.69, 9.17) is 13.3 Å². The van der Waals surface area contributed by atoms with E-state index in [1.54, 1.807) is 0 Å². The van der Waals surface area contributed by atoms with Crippen LogP contribution >= 0.6 is 0 Å². The molecule has 0 bridgehead atoms. The number of hydrogen-bond donors (Lipinski definition) is 0. The van der Waals surface area contributed by atoms with Crippen LogP contribution in [0.4, 0.5) is 0 Å². The maximum atomic E-state index is 6.53. The molecule has 0 N–H and O–H groups in total. The fourth-order valence-corrected chi connectivity index (χ4v) is 7.98. The van der Waals surface area contributed by atoms with Gasteiger partial charge in [0.15, 0.2) is 0 Å². The SMILES string of the molecule is CCCCC[N+](CCCCC)(CCC(CC)CCC)[Si](OCC)(OCC)OCC.[Cl-]. The van der Waals surface area contributed by atoms with Crippen molar-refractivity contribution in [1.29, 1.82) is 0 Å². The standard InChI is InChI=1S/C24H54NO3Si.ClH/c1-8-15-17-21-25(22-18-16-9-2,23-20-24(11-4)19-10-3)29(26-12-5,27-13-6)28-14-7;/h24H,8-23H2,1-7H3;1H/q+1;/p-1. The monoisotopic (exact) mass is 467 g/mol. The van der Waals surface area contributed by atoms with Crippen molar-refractivity contribution < 1.29 is 29.8 Å². The highest BCUT2D eigenvalue weighted by molar-refractivity contribution is 6.52. The molecule has 0 saturated heterocycles. The predicted molar refractivity (Wildman–Crippen MR) is 128 cm³/mol. The van der Waals surface area contributed by atoms with Gasteiger partial charge in [-0.05, 0) is 58.8 Å². The third-order valence-corrected chi connectivity index (χ3v) is 9.97. The second-order valence-electron chi connectivity index (χ2n) is 8.40. The van der Waals surface area contributed by atoms with Gasteiger partial charge < -0.3 is 29.8 Å². The maximum absolute atomic E-state index is 6.53.